The molecule has 0 fully saturated rings. The van der Waals surface area contributed by atoms with Crippen molar-refractivity contribution in [3.63, 3.8) is 0 Å². The molecule has 2 aromatic carbocycles. The minimum atomic E-state index is -0.470. The van der Waals surface area contributed by atoms with E-state index >= 15 is 0 Å². The zero-order valence-corrected chi connectivity index (χ0v) is 13.0. The number of methoxy groups -OCH3 is 1. The van der Waals surface area contributed by atoms with E-state index in [2.05, 4.69) is 5.16 Å². The second kappa shape index (κ2) is 6.52. The largest absolute Gasteiger partial charge is 0.497 e. The van der Waals surface area contributed by atoms with Crippen LogP contribution in [0.15, 0.2) is 47.6 Å². The van der Waals surface area contributed by atoms with E-state index in [0.29, 0.717) is 35.8 Å². The Morgan fingerprint density at radius 2 is 2.09 bits per heavy atom. The Bertz CT molecular complexity index is 767. The van der Waals surface area contributed by atoms with Gasteiger partial charge in [-0.05, 0) is 31.2 Å². The number of aryl methyl sites for hydroxylation is 1. The monoisotopic (exact) mass is 311 g/mol. The first-order chi connectivity index (χ1) is 11.2. The Kier molecular flexibility index (Phi) is 4.28. The predicted octanol–water partition coefficient (Wildman–Crippen LogP) is 3.35. The number of hydrogen-bond donors (Lipinski definition) is 0. The van der Waals surface area contributed by atoms with Crippen molar-refractivity contribution in [3.05, 3.63) is 59.2 Å². The standard InChI is InChI=1S/C18H17NO4/c1-12-4-3-5-13(10-12)18(20)23-19-16-8-9-22-17-11-14(21-2)6-7-15(16)17/h3-7,10-11H,8-9H2,1-2H3/b19-16-. The van der Waals surface area contributed by atoms with Crippen LogP contribution in [-0.2, 0) is 4.84 Å². The van der Waals surface area contributed by atoms with Gasteiger partial charge in [0.25, 0.3) is 0 Å². The molecule has 0 aromatic heterocycles. The van der Waals surface area contributed by atoms with E-state index in [0.717, 1.165) is 11.1 Å². The molecule has 3 rings (SSSR count). The minimum Gasteiger partial charge on any atom is -0.497 e. The molecule has 0 saturated carbocycles. The molecular formula is C18H17NO4. The number of benzene rings is 2. The van der Waals surface area contributed by atoms with Crippen LogP contribution in [0.25, 0.3) is 0 Å². The lowest BCUT2D eigenvalue weighted by molar-refractivity contribution is 0.0514. The van der Waals surface area contributed by atoms with Gasteiger partial charge >= 0.3 is 5.97 Å². The maximum absolute atomic E-state index is 12.1. The van der Waals surface area contributed by atoms with Crippen LogP contribution in [0.5, 0.6) is 11.5 Å². The second-order valence-corrected chi connectivity index (χ2v) is 5.25. The summed E-state index contributed by atoms with van der Waals surface area (Å²) in [5.41, 5.74) is 2.98. The number of hydrogen-bond acceptors (Lipinski definition) is 5. The van der Waals surface area contributed by atoms with E-state index in [4.69, 9.17) is 14.3 Å². The van der Waals surface area contributed by atoms with Crippen LogP contribution in [0.4, 0.5) is 0 Å². The fourth-order valence-corrected chi connectivity index (χ4v) is 2.40. The van der Waals surface area contributed by atoms with E-state index in [9.17, 15) is 4.79 Å². The summed E-state index contributed by atoms with van der Waals surface area (Å²) in [6.45, 7) is 2.41. The maximum Gasteiger partial charge on any atom is 0.365 e. The minimum absolute atomic E-state index is 0.470. The molecule has 5 heteroatoms. The Labute approximate surface area is 134 Å². The highest BCUT2D eigenvalue weighted by atomic mass is 16.7. The molecule has 118 valence electrons. The Morgan fingerprint density at radius 3 is 2.87 bits per heavy atom. The van der Waals surface area contributed by atoms with Crippen molar-refractivity contribution in [1.29, 1.82) is 0 Å². The summed E-state index contributed by atoms with van der Waals surface area (Å²) < 4.78 is 10.8. The molecule has 5 nitrogen and oxygen atoms in total. The van der Waals surface area contributed by atoms with Crippen LogP contribution in [0, 0.1) is 6.92 Å². The number of carbonyl (C=O) groups excluding carboxylic acids is 1. The summed E-state index contributed by atoms with van der Waals surface area (Å²) in [7, 11) is 1.60. The van der Waals surface area contributed by atoms with Crippen molar-refractivity contribution in [2.75, 3.05) is 13.7 Å². The van der Waals surface area contributed by atoms with Gasteiger partial charge in [0.05, 0.1) is 25.0 Å². The first kappa shape index (κ1) is 15.1. The predicted molar refractivity (Wildman–Crippen MR) is 86.2 cm³/mol. The van der Waals surface area contributed by atoms with Gasteiger partial charge in [0.15, 0.2) is 0 Å². The Balaban J connectivity index is 1.80. The molecule has 0 aliphatic carbocycles. The Morgan fingerprint density at radius 1 is 1.22 bits per heavy atom. The van der Waals surface area contributed by atoms with Crippen LogP contribution in [0.1, 0.15) is 27.9 Å². The third-order valence-corrected chi connectivity index (χ3v) is 3.59. The van der Waals surface area contributed by atoms with Crippen LogP contribution in [0.3, 0.4) is 0 Å². The van der Waals surface area contributed by atoms with E-state index in [1.54, 1.807) is 25.3 Å². The van der Waals surface area contributed by atoms with Crippen molar-refractivity contribution < 1.29 is 19.1 Å². The van der Waals surface area contributed by atoms with Crippen molar-refractivity contribution in [2.24, 2.45) is 5.16 Å². The smallest absolute Gasteiger partial charge is 0.365 e. The summed E-state index contributed by atoms with van der Waals surface area (Å²) in [5.74, 6) is 0.922. The molecule has 2 aromatic rings. The van der Waals surface area contributed by atoms with Crippen LogP contribution < -0.4 is 9.47 Å². The zero-order chi connectivity index (χ0) is 16.2. The lowest BCUT2D eigenvalue weighted by atomic mass is 10.0. The van der Waals surface area contributed by atoms with Gasteiger partial charge in [-0.1, -0.05) is 22.9 Å². The molecule has 0 atom stereocenters. The number of rotatable bonds is 3. The number of fused-ring (bicyclic) bond motifs is 1. The number of nitrogens with zero attached hydrogens (tertiary/aromatic N) is 1. The molecule has 0 radical (unpaired) electrons. The molecule has 1 aliphatic heterocycles. The molecule has 1 aliphatic rings. The van der Waals surface area contributed by atoms with Gasteiger partial charge in [-0.3, -0.25) is 0 Å². The van der Waals surface area contributed by atoms with Crippen molar-refractivity contribution in [1.82, 2.24) is 0 Å². The summed E-state index contributed by atoms with van der Waals surface area (Å²) in [6.07, 6.45) is 0.584. The van der Waals surface area contributed by atoms with Crippen molar-refractivity contribution >= 4 is 11.7 Å². The summed E-state index contributed by atoms with van der Waals surface area (Å²) in [5, 5.41) is 4.03. The van der Waals surface area contributed by atoms with Gasteiger partial charge in [0.2, 0.25) is 0 Å². The van der Waals surface area contributed by atoms with Crippen LogP contribution in [-0.4, -0.2) is 25.4 Å². The molecular weight excluding hydrogens is 294 g/mol. The molecule has 0 amide bonds. The zero-order valence-electron chi connectivity index (χ0n) is 13.0. The van der Waals surface area contributed by atoms with E-state index in [1.807, 2.05) is 31.2 Å². The van der Waals surface area contributed by atoms with Gasteiger partial charge in [-0.25, -0.2) is 4.79 Å². The molecule has 0 N–H and O–H groups in total. The molecule has 0 bridgehead atoms. The molecule has 1 heterocycles. The maximum atomic E-state index is 12.1. The lowest BCUT2D eigenvalue weighted by Gasteiger charge is -2.19. The summed E-state index contributed by atoms with van der Waals surface area (Å²) in [6, 6.07) is 12.7. The summed E-state index contributed by atoms with van der Waals surface area (Å²) in [4.78, 5) is 17.2. The number of carbonyl (C=O) groups is 1. The average Bonchev–Trinajstić information content (AvgIpc) is 2.59. The molecule has 23 heavy (non-hydrogen) atoms. The van der Waals surface area contributed by atoms with Gasteiger partial charge in [0, 0.05) is 18.1 Å². The highest BCUT2D eigenvalue weighted by molar-refractivity contribution is 6.04. The number of ether oxygens (including phenoxy) is 2. The van der Waals surface area contributed by atoms with Crippen LogP contribution >= 0.6 is 0 Å². The fraction of sp³-hybridized carbons (Fsp3) is 0.222. The third-order valence-electron chi connectivity index (χ3n) is 3.59. The van der Waals surface area contributed by atoms with Crippen molar-refractivity contribution in [3.8, 4) is 11.5 Å². The highest BCUT2D eigenvalue weighted by Gasteiger charge is 2.19. The molecule has 0 unspecified atom stereocenters. The van der Waals surface area contributed by atoms with Gasteiger partial charge in [-0.2, -0.15) is 0 Å². The van der Waals surface area contributed by atoms with Crippen LogP contribution in [0.2, 0.25) is 0 Å². The first-order valence-electron chi connectivity index (χ1n) is 7.33. The van der Waals surface area contributed by atoms with Gasteiger partial charge in [-0.15, -0.1) is 0 Å². The number of oxime groups is 1. The average molecular weight is 311 g/mol. The summed E-state index contributed by atoms with van der Waals surface area (Å²) >= 11 is 0. The van der Waals surface area contributed by atoms with Gasteiger partial charge in [0.1, 0.15) is 11.5 Å². The first-order valence-corrected chi connectivity index (χ1v) is 7.33. The third kappa shape index (κ3) is 3.34. The van der Waals surface area contributed by atoms with E-state index in [-0.39, 0.29) is 0 Å². The van der Waals surface area contributed by atoms with Gasteiger partial charge < -0.3 is 14.3 Å². The van der Waals surface area contributed by atoms with E-state index < -0.39 is 5.97 Å². The topological polar surface area (TPSA) is 57.1 Å². The van der Waals surface area contributed by atoms with Crippen molar-refractivity contribution in [2.45, 2.75) is 13.3 Å². The highest BCUT2D eigenvalue weighted by Crippen LogP contribution is 2.29. The van der Waals surface area contributed by atoms with E-state index in [1.165, 1.54) is 0 Å². The Hall–Kier alpha value is -2.82. The SMILES string of the molecule is COc1ccc2c(c1)OCC/C2=N/OC(=O)c1cccc(C)c1. The molecule has 0 saturated heterocycles. The fourth-order valence-electron chi connectivity index (χ4n) is 2.40. The lowest BCUT2D eigenvalue weighted by Crippen LogP contribution is -2.17. The normalized spacial score (nSPS) is 14.8. The quantitative estimate of drug-likeness (QED) is 0.644. The second-order valence-electron chi connectivity index (χ2n) is 5.25. The molecule has 0 spiro atoms.